The Hall–Kier alpha value is -1.59. The highest BCUT2D eigenvalue weighted by molar-refractivity contribution is 7.98. The Balaban J connectivity index is 2.17. The van der Waals surface area contributed by atoms with E-state index in [-0.39, 0.29) is 12.4 Å². The Labute approximate surface area is 110 Å². The summed E-state index contributed by atoms with van der Waals surface area (Å²) >= 11 is 1.54. The number of thioether (sulfide) groups is 1. The molecule has 0 atom stereocenters. The van der Waals surface area contributed by atoms with E-state index in [1.165, 1.54) is 0 Å². The lowest BCUT2D eigenvalue weighted by atomic mass is 10.1. The fourth-order valence-electron chi connectivity index (χ4n) is 1.57. The highest BCUT2D eigenvalue weighted by Crippen LogP contribution is 2.28. The molecule has 0 aliphatic heterocycles. The number of aryl methyl sites for hydroxylation is 1. The van der Waals surface area contributed by atoms with Crippen LogP contribution >= 0.6 is 11.8 Å². The number of nitrogens with zero attached hydrogens (tertiary/aromatic N) is 2. The molecule has 2 rings (SSSR count). The van der Waals surface area contributed by atoms with Crippen LogP contribution in [0.4, 0.5) is 0 Å². The lowest BCUT2D eigenvalue weighted by Crippen LogP contribution is -1.97. The summed E-state index contributed by atoms with van der Waals surface area (Å²) in [7, 11) is 0. The average Bonchev–Trinajstić information content (AvgIpc) is 2.41. The molecule has 4 nitrogen and oxygen atoms in total. The molecule has 2 aromatic rings. The predicted octanol–water partition coefficient (Wildman–Crippen LogP) is 2.28. The van der Waals surface area contributed by atoms with Gasteiger partial charge in [-0.25, -0.2) is 4.98 Å². The van der Waals surface area contributed by atoms with Crippen molar-refractivity contribution in [3.05, 3.63) is 47.4 Å². The van der Waals surface area contributed by atoms with Crippen molar-refractivity contribution in [3.63, 3.8) is 0 Å². The number of rotatable bonds is 4. The lowest BCUT2D eigenvalue weighted by molar-refractivity contribution is 0.274. The van der Waals surface area contributed by atoms with E-state index in [0.29, 0.717) is 17.0 Å². The van der Waals surface area contributed by atoms with Gasteiger partial charge in [-0.15, -0.1) is 11.8 Å². The molecule has 0 saturated carbocycles. The van der Waals surface area contributed by atoms with Gasteiger partial charge in [0.05, 0.1) is 17.3 Å². The largest absolute Gasteiger partial charge is 0.506 e. The van der Waals surface area contributed by atoms with Crippen LogP contribution in [-0.2, 0) is 12.4 Å². The Morgan fingerprint density at radius 3 is 2.78 bits per heavy atom. The normalized spacial score (nSPS) is 10.6. The van der Waals surface area contributed by atoms with E-state index < -0.39 is 0 Å². The summed E-state index contributed by atoms with van der Waals surface area (Å²) in [5, 5.41) is 20.0. The Kier molecular flexibility index (Phi) is 4.17. The third-order valence-electron chi connectivity index (χ3n) is 2.60. The Morgan fingerprint density at radius 1 is 1.28 bits per heavy atom. The summed E-state index contributed by atoms with van der Waals surface area (Å²) < 4.78 is 0. The minimum Gasteiger partial charge on any atom is -0.506 e. The average molecular weight is 262 g/mol. The van der Waals surface area contributed by atoms with Crippen molar-refractivity contribution in [1.29, 1.82) is 0 Å². The molecule has 0 fully saturated rings. The molecular formula is C13H14N2O2S. The molecule has 0 radical (unpaired) electrons. The van der Waals surface area contributed by atoms with Gasteiger partial charge in [-0.1, -0.05) is 6.07 Å². The summed E-state index contributed by atoms with van der Waals surface area (Å²) in [5.41, 5.74) is 1.91. The second kappa shape index (κ2) is 5.84. The molecule has 0 spiro atoms. The maximum atomic E-state index is 9.83. The minimum absolute atomic E-state index is 0.0802. The van der Waals surface area contributed by atoms with Crippen molar-refractivity contribution < 1.29 is 10.2 Å². The van der Waals surface area contributed by atoms with Crippen molar-refractivity contribution in [1.82, 2.24) is 9.97 Å². The van der Waals surface area contributed by atoms with E-state index in [2.05, 4.69) is 9.97 Å². The van der Waals surface area contributed by atoms with Gasteiger partial charge in [0.25, 0.3) is 0 Å². The first-order chi connectivity index (χ1) is 8.72. The lowest BCUT2D eigenvalue weighted by Gasteiger charge is -2.10. The van der Waals surface area contributed by atoms with E-state index in [1.807, 2.05) is 18.2 Å². The number of hydrogen-bond donors (Lipinski definition) is 2. The van der Waals surface area contributed by atoms with Crippen LogP contribution < -0.4 is 0 Å². The van der Waals surface area contributed by atoms with Crippen LogP contribution in [0.15, 0.2) is 35.6 Å². The molecule has 0 saturated heterocycles. The van der Waals surface area contributed by atoms with Gasteiger partial charge in [0, 0.05) is 23.7 Å². The number of aromatic nitrogens is 2. The quantitative estimate of drug-likeness (QED) is 0.827. The van der Waals surface area contributed by atoms with Crippen molar-refractivity contribution >= 4 is 11.8 Å². The van der Waals surface area contributed by atoms with Crippen molar-refractivity contribution in [2.75, 3.05) is 0 Å². The molecule has 0 unspecified atom stereocenters. The van der Waals surface area contributed by atoms with Gasteiger partial charge in [0.15, 0.2) is 0 Å². The van der Waals surface area contributed by atoms with E-state index >= 15 is 0 Å². The topological polar surface area (TPSA) is 66.2 Å². The molecule has 2 N–H and O–H groups in total. The predicted molar refractivity (Wildman–Crippen MR) is 70.4 cm³/mol. The van der Waals surface area contributed by atoms with Gasteiger partial charge in [0.1, 0.15) is 5.75 Å². The van der Waals surface area contributed by atoms with Crippen molar-refractivity contribution in [3.8, 4) is 5.75 Å². The third-order valence-corrected chi connectivity index (χ3v) is 3.59. The summed E-state index contributed by atoms with van der Waals surface area (Å²) in [6.07, 6.45) is 3.43. The molecule has 2 heterocycles. The van der Waals surface area contributed by atoms with Crippen LogP contribution in [0.2, 0.25) is 0 Å². The first-order valence-corrected chi connectivity index (χ1v) is 6.52. The molecular weight excluding hydrogens is 248 g/mol. The minimum atomic E-state index is -0.187. The van der Waals surface area contributed by atoms with E-state index in [0.717, 1.165) is 10.6 Å². The molecule has 2 aromatic heterocycles. The van der Waals surface area contributed by atoms with Gasteiger partial charge in [-0.05, 0) is 24.6 Å². The second-order valence-electron chi connectivity index (χ2n) is 3.81. The molecule has 0 bridgehead atoms. The summed E-state index contributed by atoms with van der Waals surface area (Å²) in [5.74, 6) is 0.699. The van der Waals surface area contributed by atoms with Gasteiger partial charge in [-0.3, -0.25) is 4.98 Å². The summed E-state index contributed by atoms with van der Waals surface area (Å²) in [6.45, 7) is 1.53. The van der Waals surface area contributed by atoms with E-state index in [9.17, 15) is 10.2 Å². The molecule has 0 aliphatic rings. The monoisotopic (exact) mass is 262 g/mol. The zero-order chi connectivity index (χ0) is 13.0. The number of pyridine rings is 2. The van der Waals surface area contributed by atoms with Gasteiger partial charge >= 0.3 is 0 Å². The highest BCUT2D eigenvalue weighted by Gasteiger charge is 2.11. The Morgan fingerprint density at radius 2 is 2.11 bits per heavy atom. The first kappa shape index (κ1) is 12.9. The molecule has 5 heteroatoms. The van der Waals surface area contributed by atoms with Crippen LogP contribution in [0.3, 0.4) is 0 Å². The number of aliphatic hydroxyl groups is 1. The summed E-state index contributed by atoms with van der Waals surface area (Å²) in [4.78, 5) is 8.31. The smallest absolute Gasteiger partial charge is 0.142 e. The van der Waals surface area contributed by atoms with Crippen LogP contribution in [-0.4, -0.2) is 20.2 Å². The van der Waals surface area contributed by atoms with Crippen molar-refractivity contribution in [2.45, 2.75) is 24.3 Å². The number of aromatic hydroxyl groups is 1. The van der Waals surface area contributed by atoms with Crippen molar-refractivity contribution in [2.24, 2.45) is 0 Å². The van der Waals surface area contributed by atoms with Gasteiger partial charge < -0.3 is 10.2 Å². The highest BCUT2D eigenvalue weighted by atomic mass is 32.2. The molecule has 18 heavy (non-hydrogen) atoms. The Bertz CT molecular complexity index is 532. The van der Waals surface area contributed by atoms with E-state index in [4.69, 9.17) is 0 Å². The molecule has 0 aliphatic carbocycles. The summed E-state index contributed by atoms with van der Waals surface area (Å²) in [6, 6.07) is 5.71. The standard InChI is InChI=1S/C13H14N2O2S/c1-9-13(17)11(7-16)10(6-15-9)8-18-12-4-2-3-5-14-12/h2-6,16-17H,7-8H2,1H3. The van der Waals surface area contributed by atoms with E-state index in [1.54, 1.807) is 31.1 Å². The van der Waals surface area contributed by atoms with Crippen LogP contribution in [0.5, 0.6) is 5.75 Å². The third kappa shape index (κ3) is 2.80. The van der Waals surface area contributed by atoms with Crippen LogP contribution in [0, 0.1) is 6.92 Å². The maximum absolute atomic E-state index is 9.83. The number of hydrogen-bond acceptors (Lipinski definition) is 5. The van der Waals surface area contributed by atoms with Crippen LogP contribution in [0.1, 0.15) is 16.8 Å². The maximum Gasteiger partial charge on any atom is 0.142 e. The zero-order valence-corrected chi connectivity index (χ0v) is 10.8. The first-order valence-electron chi connectivity index (χ1n) is 5.53. The molecule has 0 aromatic carbocycles. The van der Waals surface area contributed by atoms with Gasteiger partial charge in [0.2, 0.25) is 0 Å². The number of aliphatic hydroxyl groups excluding tert-OH is 1. The fraction of sp³-hybridized carbons (Fsp3) is 0.231. The van der Waals surface area contributed by atoms with Crippen LogP contribution in [0.25, 0.3) is 0 Å². The molecule has 0 amide bonds. The molecule has 94 valence electrons. The zero-order valence-electron chi connectivity index (χ0n) is 10.00. The second-order valence-corrected chi connectivity index (χ2v) is 4.81. The fourth-order valence-corrected chi connectivity index (χ4v) is 2.43. The SMILES string of the molecule is Cc1ncc(CSc2ccccn2)c(CO)c1O. The van der Waals surface area contributed by atoms with Gasteiger partial charge in [-0.2, -0.15) is 0 Å².